The zero-order chi connectivity index (χ0) is 19.0. The second kappa shape index (κ2) is 6.99. The number of nitrogens with zero attached hydrogens (tertiary/aromatic N) is 2. The molecule has 6 nitrogen and oxygen atoms in total. The van der Waals surface area contributed by atoms with Crippen molar-refractivity contribution in [3.63, 3.8) is 0 Å². The number of H-pyrrole nitrogens is 1. The summed E-state index contributed by atoms with van der Waals surface area (Å²) in [6, 6.07) is 10.2. The van der Waals surface area contributed by atoms with Gasteiger partial charge in [-0.2, -0.15) is 5.26 Å². The first-order chi connectivity index (χ1) is 13.1. The number of aromatic nitrogens is 2. The van der Waals surface area contributed by atoms with E-state index in [9.17, 15) is 5.26 Å². The maximum atomic E-state index is 9.71. The Hall–Kier alpha value is -2.94. The van der Waals surface area contributed by atoms with E-state index in [4.69, 9.17) is 15.2 Å². The molecule has 2 aliphatic rings. The number of fused-ring (bicyclic) bond motifs is 1. The summed E-state index contributed by atoms with van der Waals surface area (Å²) in [5, 5.41) is 17.0. The van der Waals surface area contributed by atoms with Gasteiger partial charge >= 0.3 is 0 Å². The van der Waals surface area contributed by atoms with Crippen LogP contribution in [0.5, 0.6) is 11.6 Å². The van der Waals surface area contributed by atoms with Crippen molar-refractivity contribution in [1.82, 2.24) is 10.2 Å². The van der Waals surface area contributed by atoms with Crippen LogP contribution in [0.1, 0.15) is 68.2 Å². The van der Waals surface area contributed by atoms with Gasteiger partial charge in [0.2, 0.25) is 11.8 Å². The van der Waals surface area contributed by atoms with Crippen LogP contribution in [0.4, 0.5) is 0 Å². The molecule has 1 atom stereocenters. The van der Waals surface area contributed by atoms with Gasteiger partial charge in [-0.25, -0.2) is 0 Å². The van der Waals surface area contributed by atoms with E-state index in [1.807, 2.05) is 24.3 Å². The summed E-state index contributed by atoms with van der Waals surface area (Å²) in [6.07, 6.45) is 5.03. The number of hydrogen-bond acceptors (Lipinski definition) is 5. The molecule has 140 valence electrons. The number of ether oxygens (including phenoxy) is 2. The van der Waals surface area contributed by atoms with E-state index in [1.54, 1.807) is 0 Å². The molecule has 0 saturated heterocycles. The van der Waals surface area contributed by atoms with Gasteiger partial charge in [0.25, 0.3) is 0 Å². The van der Waals surface area contributed by atoms with Crippen molar-refractivity contribution < 1.29 is 9.47 Å². The molecule has 1 aliphatic carbocycles. The van der Waals surface area contributed by atoms with Crippen LogP contribution in [-0.2, 0) is 0 Å². The lowest BCUT2D eigenvalue weighted by Gasteiger charge is -2.25. The second-order valence-corrected chi connectivity index (χ2v) is 7.53. The van der Waals surface area contributed by atoms with E-state index < -0.39 is 0 Å². The fraction of sp³-hybridized carbons (Fsp3) is 0.429. The normalized spacial score (nSPS) is 19.7. The molecule has 27 heavy (non-hydrogen) atoms. The Morgan fingerprint density at radius 2 is 1.96 bits per heavy atom. The molecule has 1 unspecified atom stereocenters. The van der Waals surface area contributed by atoms with Gasteiger partial charge in [-0.3, -0.25) is 5.10 Å². The third-order valence-electron chi connectivity index (χ3n) is 5.36. The minimum Gasteiger partial charge on any atom is -0.490 e. The van der Waals surface area contributed by atoms with Crippen molar-refractivity contribution >= 4 is 0 Å². The zero-order valence-corrected chi connectivity index (χ0v) is 15.7. The van der Waals surface area contributed by atoms with Gasteiger partial charge in [0.05, 0.1) is 17.6 Å². The summed E-state index contributed by atoms with van der Waals surface area (Å²) in [6.45, 7) is 4.16. The standard InChI is InChI=1S/C21H24N4O2/c1-12(2)19-18-17(16(11-22)20(23)27-21(18)25-24-19)13-7-9-15(10-8-13)26-14-5-3-4-6-14/h7-10,12,14,17H,3-6,23H2,1-2H3,(H,24,25). The highest BCUT2D eigenvalue weighted by Gasteiger charge is 2.35. The summed E-state index contributed by atoms with van der Waals surface area (Å²) >= 11 is 0. The highest BCUT2D eigenvalue weighted by Crippen LogP contribution is 2.44. The Bertz CT molecular complexity index is 899. The fourth-order valence-electron chi connectivity index (χ4n) is 3.98. The van der Waals surface area contributed by atoms with E-state index in [-0.39, 0.29) is 17.7 Å². The molecule has 0 bridgehead atoms. The fourth-order valence-corrected chi connectivity index (χ4v) is 3.98. The first kappa shape index (κ1) is 17.5. The summed E-state index contributed by atoms with van der Waals surface area (Å²) in [5.74, 6) is 1.35. The number of rotatable bonds is 4. The second-order valence-electron chi connectivity index (χ2n) is 7.53. The summed E-state index contributed by atoms with van der Waals surface area (Å²) < 4.78 is 11.7. The van der Waals surface area contributed by atoms with Crippen molar-refractivity contribution in [2.75, 3.05) is 0 Å². The first-order valence-corrected chi connectivity index (χ1v) is 9.50. The molecule has 2 heterocycles. The smallest absolute Gasteiger partial charge is 0.244 e. The van der Waals surface area contributed by atoms with E-state index in [2.05, 4.69) is 30.1 Å². The number of nitriles is 1. The van der Waals surface area contributed by atoms with Crippen molar-refractivity contribution in [1.29, 1.82) is 5.26 Å². The molecule has 6 heteroatoms. The predicted octanol–water partition coefficient (Wildman–Crippen LogP) is 4.07. The van der Waals surface area contributed by atoms with Gasteiger partial charge in [-0.15, -0.1) is 5.10 Å². The number of allylic oxidation sites excluding steroid dienone is 1. The molecule has 1 aliphatic heterocycles. The van der Waals surface area contributed by atoms with Crippen LogP contribution in [0.2, 0.25) is 0 Å². The minimum absolute atomic E-state index is 0.114. The van der Waals surface area contributed by atoms with E-state index >= 15 is 0 Å². The topological polar surface area (TPSA) is 97.0 Å². The van der Waals surface area contributed by atoms with Gasteiger partial charge in [0.15, 0.2) is 0 Å². The summed E-state index contributed by atoms with van der Waals surface area (Å²) in [5.41, 5.74) is 9.25. The quantitative estimate of drug-likeness (QED) is 0.852. The van der Waals surface area contributed by atoms with E-state index in [0.717, 1.165) is 35.4 Å². The van der Waals surface area contributed by atoms with Gasteiger partial charge in [0.1, 0.15) is 17.4 Å². The minimum atomic E-state index is -0.296. The van der Waals surface area contributed by atoms with Crippen LogP contribution in [0.25, 0.3) is 0 Å². The molecule has 0 radical (unpaired) electrons. The lowest BCUT2D eigenvalue weighted by Crippen LogP contribution is -2.21. The number of aromatic amines is 1. The maximum Gasteiger partial charge on any atom is 0.244 e. The lowest BCUT2D eigenvalue weighted by atomic mass is 9.82. The molecule has 0 amide bonds. The van der Waals surface area contributed by atoms with Gasteiger partial charge in [-0.05, 0) is 49.3 Å². The Kier molecular flexibility index (Phi) is 4.53. The highest BCUT2D eigenvalue weighted by molar-refractivity contribution is 5.56. The van der Waals surface area contributed by atoms with Crippen molar-refractivity contribution in [3.05, 3.63) is 52.5 Å². The molecule has 0 spiro atoms. The molecular weight excluding hydrogens is 340 g/mol. The lowest BCUT2D eigenvalue weighted by molar-refractivity contribution is 0.210. The van der Waals surface area contributed by atoms with Crippen LogP contribution in [0.15, 0.2) is 35.7 Å². The average molecular weight is 364 g/mol. The van der Waals surface area contributed by atoms with Gasteiger partial charge in [0, 0.05) is 5.69 Å². The third-order valence-corrected chi connectivity index (χ3v) is 5.36. The monoisotopic (exact) mass is 364 g/mol. The Labute approximate surface area is 159 Å². The Morgan fingerprint density at radius 1 is 1.26 bits per heavy atom. The SMILES string of the molecule is CC(C)c1[nH]nc2c1C(c1ccc(OC3CCCC3)cc1)C(C#N)=C(N)O2. The third kappa shape index (κ3) is 3.14. The molecule has 2 aromatic rings. The molecule has 3 N–H and O–H groups in total. The van der Waals surface area contributed by atoms with Crippen LogP contribution in [-0.4, -0.2) is 16.3 Å². The Balaban J connectivity index is 1.71. The summed E-state index contributed by atoms with van der Waals surface area (Å²) in [7, 11) is 0. The van der Waals surface area contributed by atoms with Crippen molar-refractivity contribution in [2.24, 2.45) is 5.73 Å². The number of hydrogen-bond donors (Lipinski definition) is 2. The van der Waals surface area contributed by atoms with Gasteiger partial charge < -0.3 is 15.2 Å². The molecular formula is C21H24N4O2. The molecule has 1 fully saturated rings. The average Bonchev–Trinajstić information content (AvgIpc) is 3.31. The van der Waals surface area contributed by atoms with Crippen LogP contribution in [0.3, 0.4) is 0 Å². The van der Waals surface area contributed by atoms with E-state index in [0.29, 0.717) is 17.6 Å². The summed E-state index contributed by atoms with van der Waals surface area (Å²) in [4.78, 5) is 0. The van der Waals surface area contributed by atoms with Gasteiger partial charge in [-0.1, -0.05) is 26.0 Å². The molecule has 1 aromatic heterocycles. The van der Waals surface area contributed by atoms with E-state index in [1.165, 1.54) is 12.8 Å². The predicted molar refractivity (Wildman–Crippen MR) is 101 cm³/mol. The first-order valence-electron chi connectivity index (χ1n) is 9.50. The molecule has 1 saturated carbocycles. The Morgan fingerprint density at radius 3 is 2.59 bits per heavy atom. The molecule has 4 rings (SSSR count). The highest BCUT2D eigenvalue weighted by atomic mass is 16.5. The van der Waals surface area contributed by atoms with Crippen LogP contribution < -0.4 is 15.2 Å². The largest absolute Gasteiger partial charge is 0.490 e. The maximum absolute atomic E-state index is 9.71. The number of nitrogens with one attached hydrogen (secondary N) is 1. The number of nitrogens with two attached hydrogens (primary N) is 1. The van der Waals surface area contributed by atoms with Crippen molar-refractivity contribution in [2.45, 2.75) is 57.5 Å². The molecule has 1 aromatic carbocycles. The zero-order valence-electron chi connectivity index (χ0n) is 15.7. The van der Waals surface area contributed by atoms with Crippen molar-refractivity contribution in [3.8, 4) is 17.7 Å². The van der Waals surface area contributed by atoms with Crippen LogP contribution in [0, 0.1) is 11.3 Å². The van der Waals surface area contributed by atoms with Crippen LogP contribution >= 0.6 is 0 Å². The number of benzene rings is 1.